The number of fused-ring (bicyclic) bond motifs is 1. The molecule has 7 heteroatoms. The number of allylic oxidation sites excluding steroid dienone is 2. The average Bonchev–Trinajstić information content (AvgIpc) is 2.76. The summed E-state index contributed by atoms with van der Waals surface area (Å²) in [6.07, 6.45) is 4.34. The van der Waals surface area contributed by atoms with Gasteiger partial charge in [-0.1, -0.05) is 42.3 Å². The van der Waals surface area contributed by atoms with Crippen LogP contribution < -0.4 is 5.43 Å². The Labute approximate surface area is 143 Å². The number of carbonyl (C=O) groups is 3. The maximum absolute atomic E-state index is 12.5. The summed E-state index contributed by atoms with van der Waals surface area (Å²) in [5, 5.41) is 1.39. The van der Waals surface area contributed by atoms with Crippen LogP contribution >= 0.6 is 23.2 Å². The summed E-state index contributed by atoms with van der Waals surface area (Å²) in [6, 6.07) is 4.35. The largest absolute Gasteiger partial charge is 0.272 e. The van der Waals surface area contributed by atoms with Crippen LogP contribution in [0.4, 0.5) is 0 Å². The number of hydrogen-bond acceptors (Lipinski definition) is 3. The predicted molar refractivity (Wildman–Crippen MR) is 85.7 cm³/mol. The summed E-state index contributed by atoms with van der Waals surface area (Å²) in [6.45, 7) is 1.89. The highest BCUT2D eigenvalue weighted by atomic mass is 35.5. The van der Waals surface area contributed by atoms with E-state index < -0.39 is 17.7 Å². The monoisotopic (exact) mass is 352 g/mol. The lowest BCUT2D eigenvalue weighted by molar-refractivity contribution is -0.142. The molecule has 0 radical (unpaired) electrons. The van der Waals surface area contributed by atoms with E-state index in [1.807, 2.05) is 19.1 Å². The molecule has 1 heterocycles. The van der Waals surface area contributed by atoms with Gasteiger partial charge in [-0.25, -0.2) is 0 Å². The van der Waals surface area contributed by atoms with E-state index in [4.69, 9.17) is 23.2 Å². The topological polar surface area (TPSA) is 66.5 Å². The first-order valence-electron chi connectivity index (χ1n) is 7.20. The molecular weight excluding hydrogens is 339 g/mol. The van der Waals surface area contributed by atoms with Gasteiger partial charge in [-0.05, 0) is 30.5 Å². The predicted octanol–water partition coefficient (Wildman–Crippen LogP) is 2.84. The summed E-state index contributed by atoms with van der Waals surface area (Å²) in [5.74, 6) is -2.17. The Balaban J connectivity index is 1.80. The fourth-order valence-electron chi connectivity index (χ4n) is 3.06. The highest BCUT2D eigenvalue weighted by molar-refractivity contribution is 6.42. The number of benzene rings is 1. The minimum absolute atomic E-state index is 0.0305. The third-order valence-electron chi connectivity index (χ3n) is 4.27. The Morgan fingerprint density at radius 2 is 1.96 bits per heavy atom. The molecule has 1 aliphatic carbocycles. The van der Waals surface area contributed by atoms with Gasteiger partial charge in [-0.3, -0.25) is 19.8 Å². The highest BCUT2D eigenvalue weighted by Crippen LogP contribution is 2.37. The van der Waals surface area contributed by atoms with Gasteiger partial charge in [0.15, 0.2) is 0 Å². The van der Waals surface area contributed by atoms with Crippen LogP contribution in [-0.2, 0) is 9.59 Å². The molecule has 3 amide bonds. The van der Waals surface area contributed by atoms with Crippen molar-refractivity contribution in [3.05, 3.63) is 46.0 Å². The number of amides is 3. The molecule has 1 N–H and O–H groups in total. The van der Waals surface area contributed by atoms with Gasteiger partial charge >= 0.3 is 0 Å². The standard InChI is InChI=1S/C16H14Cl2N2O3/c1-8-3-2-4-10-13(8)16(23)20(15(10)22)19-14(21)9-5-6-11(17)12(18)7-9/h2-3,5-8,10,13H,4H2,1H3,(H,19,21)/t8-,10+,13+/m1/s1. The van der Waals surface area contributed by atoms with Gasteiger partial charge in [0.05, 0.1) is 21.9 Å². The van der Waals surface area contributed by atoms with Gasteiger partial charge in [-0.2, -0.15) is 5.01 Å². The van der Waals surface area contributed by atoms with Gasteiger partial charge in [0.25, 0.3) is 17.7 Å². The van der Waals surface area contributed by atoms with Gasteiger partial charge < -0.3 is 0 Å². The van der Waals surface area contributed by atoms with E-state index in [0.717, 1.165) is 5.01 Å². The van der Waals surface area contributed by atoms with Crippen LogP contribution in [0.5, 0.6) is 0 Å². The fourth-order valence-corrected chi connectivity index (χ4v) is 3.36. The molecule has 3 rings (SSSR count). The van der Waals surface area contributed by atoms with Crippen molar-refractivity contribution >= 4 is 40.9 Å². The van der Waals surface area contributed by atoms with Crippen LogP contribution in [0.25, 0.3) is 0 Å². The summed E-state index contributed by atoms with van der Waals surface area (Å²) >= 11 is 11.7. The zero-order chi connectivity index (χ0) is 16.7. The van der Waals surface area contributed by atoms with Crippen molar-refractivity contribution in [1.82, 2.24) is 10.4 Å². The number of halogens is 2. The van der Waals surface area contributed by atoms with E-state index in [-0.39, 0.29) is 28.3 Å². The summed E-state index contributed by atoms with van der Waals surface area (Å²) < 4.78 is 0. The number of nitrogens with one attached hydrogen (secondary N) is 1. The molecule has 3 atom stereocenters. The summed E-state index contributed by atoms with van der Waals surface area (Å²) in [4.78, 5) is 37.1. The molecule has 5 nitrogen and oxygen atoms in total. The Morgan fingerprint density at radius 3 is 2.61 bits per heavy atom. The van der Waals surface area contributed by atoms with E-state index in [1.165, 1.54) is 18.2 Å². The number of nitrogens with zero attached hydrogens (tertiary/aromatic N) is 1. The molecule has 1 aromatic rings. The highest BCUT2D eigenvalue weighted by Gasteiger charge is 2.50. The maximum Gasteiger partial charge on any atom is 0.270 e. The van der Waals surface area contributed by atoms with E-state index >= 15 is 0 Å². The van der Waals surface area contributed by atoms with Crippen molar-refractivity contribution in [1.29, 1.82) is 0 Å². The molecule has 1 aromatic carbocycles. The quantitative estimate of drug-likeness (QED) is 0.657. The molecule has 0 saturated carbocycles. The smallest absolute Gasteiger partial charge is 0.270 e. The molecule has 0 aromatic heterocycles. The third kappa shape index (κ3) is 2.75. The Kier molecular flexibility index (Phi) is 4.17. The van der Waals surface area contributed by atoms with Crippen molar-refractivity contribution in [3.63, 3.8) is 0 Å². The first kappa shape index (κ1) is 16.0. The number of rotatable bonds is 2. The molecule has 1 aliphatic heterocycles. The lowest BCUT2D eigenvalue weighted by Crippen LogP contribution is -2.46. The van der Waals surface area contributed by atoms with Gasteiger partial charge in [0.2, 0.25) is 0 Å². The Bertz CT molecular complexity index is 732. The average molecular weight is 353 g/mol. The normalized spacial score (nSPS) is 26.4. The second-order valence-electron chi connectivity index (χ2n) is 5.74. The Hall–Kier alpha value is -1.85. The number of carbonyl (C=O) groups excluding carboxylic acids is 3. The zero-order valence-electron chi connectivity index (χ0n) is 12.3. The first-order chi connectivity index (χ1) is 10.9. The first-order valence-corrected chi connectivity index (χ1v) is 7.96. The zero-order valence-corrected chi connectivity index (χ0v) is 13.8. The molecule has 23 heavy (non-hydrogen) atoms. The second kappa shape index (κ2) is 5.98. The third-order valence-corrected chi connectivity index (χ3v) is 5.01. The van der Waals surface area contributed by atoms with Crippen molar-refractivity contribution in [2.45, 2.75) is 13.3 Å². The fraction of sp³-hybridized carbons (Fsp3) is 0.312. The van der Waals surface area contributed by atoms with Crippen LogP contribution in [-0.4, -0.2) is 22.7 Å². The molecule has 120 valence electrons. The van der Waals surface area contributed by atoms with E-state index in [9.17, 15) is 14.4 Å². The number of imide groups is 1. The van der Waals surface area contributed by atoms with Gasteiger partial charge in [0.1, 0.15) is 0 Å². The van der Waals surface area contributed by atoms with Crippen LogP contribution in [0.2, 0.25) is 10.0 Å². The minimum Gasteiger partial charge on any atom is -0.272 e. The number of hydrazine groups is 1. The summed E-state index contributed by atoms with van der Waals surface area (Å²) in [5.41, 5.74) is 2.61. The molecule has 1 fully saturated rings. The Morgan fingerprint density at radius 1 is 1.22 bits per heavy atom. The molecule has 2 aliphatic rings. The molecule has 0 spiro atoms. The lowest BCUT2D eigenvalue weighted by Gasteiger charge is -2.22. The van der Waals surface area contributed by atoms with Crippen LogP contribution in [0.3, 0.4) is 0 Å². The second-order valence-corrected chi connectivity index (χ2v) is 6.55. The van der Waals surface area contributed by atoms with Crippen molar-refractivity contribution < 1.29 is 14.4 Å². The van der Waals surface area contributed by atoms with Crippen LogP contribution in [0.1, 0.15) is 23.7 Å². The van der Waals surface area contributed by atoms with Gasteiger partial charge in [0, 0.05) is 5.56 Å². The van der Waals surface area contributed by atoms with E-state index in [2.05, 4.69) is 5.43 Å². The van der Waals surface area contributed by atoms with Gasteiger partial charge in [-0.15, -0.1) is 0 Å². The molecule has 0 unspecified atom stereocenters. The maximum atomic E-state index is 12.5. The summed E-state index contributed by atoms with van der Waals surface area (Å²) in [7, 11) is 0. The molecule has 1 saturated heterocycles. The van der Waals surface area contributed by atoms with Crippen molar-refractivity contribution in [3.8, 4) is 0 Å². The molecule has 0 bridgehead atoms. The number of hydrogen-bond donors (Lipinski definition) is 1. The lowest BCUT2D eigenvalue weighted by atomic mass is 9.78. The SMILES string of the molecule is C[C@@H]1C=CC[C@@H]2C(=O)N(NC(=O)c3ccc(Cl)c(Cl)c3)C(=O)[C@@H]12. The van der Waals surface area contributed by atoms with Crippen LogP contribution in [0.15, 0.2) is 30.4 Å². The minimum atomic E-state index is -0.579. The van der Waals surface area contributed by atoms with Crippen molar-refractivity contribution in [2.75, 3.05) is 0 Å². The van der Waals surface area contributed by atoms with E-state index in [1.54, 1.807) is 0 Å². The van der Waals surface area contributed by atoms with Crippen molar-refractivity contribution in [2.24, 2.45) is 17.8 Å². The van der Waals surface area contributed by atoms with E-state index in [0.29, 0.717) is 11.4 Å². The van der Waals surface area contributed by atoms with Crippen LogP contribution in [0, 0.1) is 17.8 Å². The molecular formula is C16H14Cl2N2O3.